The van der Waals surface area contributed by atoms with Crippen molar-refractivity contribution in [1.29, 1.82) is 0 Å². The summed E-state index contributed by atoms with van der Waals surface area (Å²) in [5.41, 5.74) is 5.61. The number of amides is 1. The van der Waals surface area contributed by atoms with E-state index in [4.69, 9.17) is 5.73 Å². The van der Waals surface area contributed by atoms with E-state index in [0.29, 0.717) is 6.54 Å². The lowest BCUT2D eigenvalue weighted by Crippen LogP contribution is -2.54. The smallest absolute Gasteiger partial charge is 0.223 e. The second-order valence-corrected chi connectivity index (χ2v) is 5.79. The van der Waals surface area contributed by atoms with Crippen molar-refractivity contribution in [3.05, 3.63) is 0 Å². The third-order valence-corrected chi connectivity index (χ3v) is 4.77. The highest BCUT2D eigenvalue weighted by Crippen LogP contribution is 2.24. The van der Waals surface area contributed by atoms with Crippen molar-refractivity contribution in [3.63, 3.8) is 0 Å². The molecule has 16 heavy (non-hydrogen) atoms. The average Bonchev–Trinajstić information content (AvgIpc) is 2.37. The van der Waals surface area contributed by atoms with Crippen molar-refractivity contribution in [2.45, 2.75) is 45.1 Å². The lowest BCUT2D eigenvalue weighted by atomic mass is 9.91. The molecule has 0 bridgehead atoms. The Hall–Kier alpha value is -0.220. The summed E-state index contributed by atoms with van der Waals surface area (Å²) in [4.78, 5) is 12.1. The Labute approximate surface area is 103 Å². The Bertz CT molecular complexity index is 215. The average molecular weight is 244 g/mol. The zero-order chi connectivity index (χ0) is 12.0. The minimum atomic E-state index is -0.179. The van der Waals surface area contributed by atoms with Gasteiger partial charge in [-0.15, -0.1) is 0 Å². The molecular formula is C12H24N2OS. The van der Waals surface area contributed by atoms with Gasteiger partial charge in [0.15, 0.2) is 0 Å². The van der Waals surface area contributed by atoms with Gasteiger partial charge in [0.2, 0.25) is 5.91 Å². The van der Waals surface area contributed by atoms with Gasteiger partial charge in [0.1, 0.15) is 0 Å². The largest absolute Gasteiger partial charge is 0.349 e. The van der Waals surface area contributed by atoms with Gasteiger partial charge in [0.05, 0.1) is 5.54 Å². The maximum atomic E-state index is 12.1. The normalized spacial score (nSPS) is 18.4. The van der Waals surface area contributed by atoms with Crippen LogP contribution in [-0.2, 0) is 4.79 Å². The van der Waals surface area contributed by atoms with Gasteiger partial charge < -0.3 is 11.1 Å². The summed E-state index contributed by atoms with van der Waals surface area (Å²) in [6.07, 6.45) is 3.86. The topological polar surface area (TPSA) is 55.1 Å². The molecule has 0 aliphatic carbocycles. The summed E-state index contributed by atoms with van der Waals surface area (Å²) in [7, 11) is 0. The van der Waals surface area contributed by atoms with Crippen LogP contribution in [0.25, 0.3) is 0 Å². The van der Waals surface area contributed by atoms with Crippen LogP contribution in [0, 0.1) is 5.92 Å². The molecule has 1 fully saturated rings. The van der Waals surface area contributed by atoms with Crippen molar-refractivity contribution in [3.8, 4) is 0 Å². The van der Waals surface area contributed by atoms with Crippen LogP contribution in [0.1, 0.15) is 39.5 Å². The van der Waals surface area contributed by atoms with Crippen molar-refractivity contribution < 1.29 is 4.79 Å². The Morgan fingerprint density at radius 2 is 1.94 bits per heavy atom. The molecule has 3 N–H and O–H groups in total. The molecule has 0 aromatic heterocycles. The molecule has 94 valence electrons. The van der Waals surface area contributed by atoms with Crippen LogP contribution in [-0.4, -0.2) is 29.5 Å². The molecule has 1 amide bonds. The van der Waals surface area contributed by atoms with Crippen molar-refractivity contribution in [1.82, 2.24) is 5.32 Å². The maximum Gasteiger partial charge on any atom is 0.223 e. The minimum absolute atomic E-state index is 0.179. The van der Waals surface area contributed by atoms with E-state index in [9.17, 15) is 4.79 Å². The summed E-state index contributed by atoms with van der Waals surface area (Å²) in [6, 6.07) is 0. The molecule has 1 aliphatic heterocycles. The van der Waals surface area contributed by atoms with E-state index in [0.717, 1.165) is 37.2 Å². The fourth-order valence-electron chi connectivity index (χ4n) is 2.09. The molecule has 0 spiro atoms. The van der Waals surface area contributed by atoms with Crippen LogP contribution in [0.4, 0.5) is 0 Å². The van der Waals surface area contributed by atoms with Crippen LogP contribution < -0.4 is 11.1 Å². The minimum Gasteiger partial charge on any atom is -0.349 e. The Kier molecular flexibility index (Phi) is 5.62. The summed E-state index contributed by atoms with van der Waals surface area (Å²) in [6.45, 7) is 4.72. The molecule has 1 aliphatic rings. The summed E-state index contributed by atoms with van der Waals surface area (Å²) in [5.74, 6) is 2.66. The number of thioether (sulfide) groups is 1. The quantitative estimate of drug-likeness (QED) is 0.775. The maximum absolute atomic E-state index is 12.1. The van der Waals surface area contributed by atoms with Gasteiger partial charge in [-0.2, -0.15) is 11.8 Å². The third-order valence-electron chi connectivity index (χ3n) is 3.72. The fraction of sp³-hybridized carbons (Fsp3) is 0.917. The van der Waals surface area contributed by atoms with Crippen molar-refractivity contribution in [2.24, 2.45) is 11.7 Å². The number of nitrogens with one attached hydrogen (secondary N) is 1. The van der Waals surface area contributed by atoms with E-state index in [1.54, 1.807) is 0 Å². The SMILES string of the molecule is CCC(CC)(CN)NC(=O)C1CCSCC1. The van der Waals surface area contributed by atoms with Gasteiger partial charge in [0.25, 0.3) is 0 Å². The van der Waals surface area contributed by atoms with Gasteiger partial charge >= 0.3 is 0 Å². The molecule has 3 nitrogen and oxygen atoms in total. The molecular weight excluding hydrogens is 220 g/mol. The Morgan fingerprint density at radius 1 is 1.38 bits per heavy atom. The number of nitrogens with two attached hydrogens (primary N) is 1. The van der Waals surface area contributed by atoms with Crippen LogP contribution in [0.15, 0.2) is 0 Å². The van der Waals surface area contributed by atoms with Gasteiger partial charge in [-0.05, 0) is 37.2 Å². The lowest BCUT2D eigenvalue weighted by Gasteiger charge is -2.34. The van der Waals surface area contributed by atoms with Crippen LogP contribution in [0.5, 0.6) is 0 Å². The Morgan fingerprint density at radius 3 is 2.38 bits per heavy atom. The highest BCUT2D eigenvalue weighted by atomic mass is 32.2. The third kappa shape index (κ3) is 3.39. The number of rotatable bonds is 5. The lowest BCUT2D eigenvalue weighted by molar-refractivity contribution is -0.127. The highest BCUT2D eigenvalue weighted by molar-refractivity contribution is 7.99. The first-order valence-corrected chi connectivity index (χ1v) is 7.42. The van der Waals surface area contributed by atoms with Crippen LogP contribution in [0.3, 0.4) is 0 Å². The number of carbonyl (C=O) groups excluding carboxylic acids is 1. The molecule has 1 saturated heterocycles. The molecule has 0 aromatic rings. The molecule has 1 rings (SSSR count). The molecule has 0 unspecified atom stereocenters. The van der Waals surface area contributed by atoms with E-state index in [-0.39, 0.29) is 17.4 Å². The standard InChI is InChI=1S/C12H24N2OS/c1-3-12(4-2,9-13)14-11(15)10-5-7-16-8-6-10/h10H,3-9,13H2,1-2H3,(H,14,15). The Balaban J connectivity index is 2.53. The first-order chi connectivity index (χ1) is 7.67. The second kappa shape index (κ2) is 6.50. The zero-order valence-corrected chi connectivity index (χ0v) is 11.2. The summed E-state index contributed by atoms with van der Waals surface area (Å²) < 4.78 is 0. The van der Waals surface area contributed by atoms with Gasteiger partial charge in [-0.25, -0.2) is 0 Å². The van der Waals surface area contributed by atoms with E-state index in [2.05, 4.69) is 19.2 Å². The van der Waals surface area contributed by atoms with Gasteiger partial charge in [0, 0.05) is 12.5 Å². The van der Waals surface area contributed by atoms with Crippen molar-refractivity contribution >= 4 is 17.7 Å². The highest BCUT2D eigenvalue weighted by Gasteiger charge is 2.30. The van der Waals surface area contributed by atoms with E-state index < -0.39 is 0 Å². The molecule has 0 aromatic carbocycles. The predicted molar refractivity (Wildman–Crippen MR) is 70.6 cm³/mol. The molecule has 0 radical (unpaired) electrons. The van der Waals surface area contributed by atoms with Gasteiger partial charge in [-0.3, -0.25) is 4.79 Å². The first kappa shape index (κ1) is 13.8. The molecule has 1 heterocycles. The first-order valence-electron chi connectivity index (χ1n) is 6.27. The zero-order valence-electron chi connectivity index (χ0n) is 10.4. The van der Waals surface area contributed by atoms with Crippen molar-refractivity contribution in [2.75, 3.05) is 18.1 Å². The number of hydrogen-bond donors (Lipinski definition) is 2. The predicted octanol–water partition coefficient (Wildman–Crippen LogP) is 1.76. The van der Waals surface area contributed by atoms with Crippen LogP contribution in [0.2, 0.25) is 0 Å². The van der Waals surface area contributed by atoms with Crippen LogP contribution >= 0.6 is 11.8 Å². The summed E-state index contributed by atoms with van der Waals surface area (Å²) in [5, 5.41) is 3.18. The van der Waals surface area contributed by atoms with Gasteiger partial charge in [-0.1, -0.05) is 13.8 Å². The molecule has 4 heteroatoms. The van der Waals surface area contributed by atoms with E-state index in [1.807, 2.05) is 11.8 Å². The number of carbonyl (C=O) groups is 1. The molecule has 0 saturated carbocycles. The number of hydrogen-bond acceptors (Lipinski definition) is 3. The van der Waals surface area contributed by atoms with E-state index >= 15 is 0 Å². The monoisotopic (exact) mass is 244 g/mol. The second-order valence-electron chi connectivity index (χ2n) is 4.57. The molecule has 0 atom stereocenters. The summed E-state index contributed by atoms with van der Waals surface area (Å²) >= 11 is 1.95. The fourth-order valence-corrected chi connectivity index (χ4v) is 3.20. The van der Waals surface area contributed by atoms with E-state index in [1.165, 1.54) is 0 Å².